The van der Waals surface area contributed by atoms with E-state index in [9.17, 15) is 28.1 Å². The number of piperazine rings is 1. The summed E-state index contributed by atoms with van der Waals surface area (Å²) in [6.45, 7) is 1.37. The maximum Gasteiger partial charge on any atom is 0.416 e. The highest BCUT2D eigenvalue weighted by molar-refractivity contribution is 7.08. The van der Waals surface area contributed by atoms with Gasteiger partial charge in [0.2, 0.25) is 5.91 Å². The quantitative estimate of drug-likeness (QED) is 0.582. The summed E-state index contributed by atoms with van der Waals surface area (Å²) in [6.07, 6.45) is -4.35. The summed E-state index contributed by atoms with van der Waals surface area (Å²) < 4.78 is 38.5. The van der Waals surface area contributed by atoms with E-state index in [4.69, 9.17) is 0 Å². The SMILES string of the molecule is O=C(Cc1ccsc1)N1CCN(c2ccc(C(F)(F)F)cc2[N+](=O)[O-])CC1. The molecule has 1 aliphatic heterocycles. The molecule has 6 nitrogen and oxygen atoms in total. The number of carbonyl (C=O) groups is 1. The number of halogens is 3. The molecule has 144 valence electrons. The molecular weight excluding hydrogens is 383 g/mol. The summed E-state index contributed by atoms with van der Waals surface area (Å²) in [5.74, 6) is -0.0324. The van der Waals surface area contributed by atoms with Gasteiger partial charge < -0.3 is 9.80 Å². The van der Waals surface area contributed by atoms with Gasteiger partial charge in [0, 0.05) is 32.2 Å². The fourth-order valence-electron chi connectivity index (χ4n) is 2.99. The topological polar surface area (TPSA) is 66.7 Å². The second-order valence-corrected chi connectivity index (χ2v) is 6.91. The van der Waals surface area contributed by atoms with Gasteiger partial charge in [-0.05, 0) is 34.5 Å². The zero-order valence-corrected chi connectivity index (χ0v) is 14.9. The molecule has 0 aliphatic carbocycles. The third-order valence-corrected chi connectivity index (χ3v) is 5.14. The van der Waals surface area contributed by atoms with Crippen LogP contribution in [0.2, 0.25) is 0 Å². The van der Waals surface area contributed by atoms with Gasteiger partial charge >= 0.3 is 6.18 Å². The number of hydrogen-bond donors (Lipinski definition) is 0. The third kappa shape index (κ3) is 4.38. The lowest BCUT2D eigenvalue weighted by Gasteiger charge is -2.36. The molecule has 10 heteroatoms. The first-order valence-electron chi connectivity index (χ1n) is 8.15. The number of carbonyl (C=O) groups excluding carboxylic acids is 1. The highest BCUT2D eigenvalue weighted by atomic mass is 32.1. The number of hydrogen-bond acceptors (Lipinski definition) is 5. The number of nitrogens with zero attached hydrogens (tertiary/aromatic N) is 3. The fourth-order valence-corrected chi connectivity index (χ4v) is 3.66. The first kappa shape index (κ1) is 19.2. The largest absolute Gasteiger partial charge is 0.416 e. The molecule has 3 rings (SSSR count). The second kappa shape index (κ2) is 7.55. The lowest BCUT2D eigenvalue weighted by Crippen LogP contribution is -2.49. The molecule has 1 saturated heterocycles. The van der Waals surface area contributed by atoms with E-state index in [-0.39, 0.29) is 11.6 Å². The van der Waals surface area contributed by atoms with Crippen LogP contribution in [0.25, 0.3) is 0 Å². The van der Waals surface area contributed by atoms with Gasteiger partial charge in [-0.15, -0.1) is 0 Å². The minimum Gasteiger partial charge on any atom is -0.362 e. The van der Waals surface area contributed by atoms with Crippen LogP contribution >= 0.6 is 11.3 Å². The standard InChI is InChI=1S/C17H16F3N3O3S/c18-17(19,20)13-1-2-14(15(10-13)23(25)26)21-4-6-22(7-5-21)16(24)9-12-3-8-27-11-12/h1-3,8,10-11H,4-7,9H2. The van der Waals surface area contributed by atoms with Crippen molar-refractivity contribution in [3.63, 3.8) is 0 Å². The molecule has 0 unspecified atom stereocenters. The molecule has 2 aromatic rings. The van der Waals surface area contributed by atoms with Gasteiger partial charge in [-0.3, -0.25) is 14.9 Å². The average molecular weight is 399 g/mol. The first-order chi connectivity index (χ1) is 12.8. The van der Waals surface area contributed by atoms with Gasteiger partial charge in [0.05, 0.1) is 16.9 Å². The number of amides is 1. The average Bonchev–Trinajstić information content (AvgIpc) is 3.13. The molecule has 0 spiro atoms. The summed E-state index contributed by atoms with van der Waals surface area (Å²) in [4.78, 5) is 26.1. The second-order valence-electron chi connectivity index (χ2n) is 6.13. The first-order valence-corrected chi connectivity index (χ1v) is 9.09. The van der Waals surface area contributed by atoms with Crippen LogP contribution in [0.3, 0.4) is 0 Å². The maximum atomic E-state index is 12.8. The van der Waals surface area contributed by atoms with Gasteiger partial charge in [-0.25, -0.2) is 0 Å². The number of alkyl halides is 3. The van der Waals surface area contributed by atoms with E-state index in [2.05, 4.69) is 0 Å². The minimum absolute atomic E-state index is 0.0324. The number of rotatable bonds is 4. The molecular formula is C17H16F3N3O3S. The van der Waals surface area contributed by atoms with Gasteiger partial charge in [0.15, 0.2) is 0 Å². The third-order valence-electron chi connectivity index (χ3n) is 4.41. The van der Waals surface area contributed by atoms with Crippen molar-refractivity contribution in [2.75, 3.05) is 31.1 Å². The summed E-state index contributed by atoms with van der Waals surface area (Å²) in [5, 5.41) is 15.0. The van der Waals surface area contributed by atoms with Crippen LogP contribution in [0.15, 0.2) is 35.0 Å². The predicted octanol–water partition coefficient (Wildman–Crippen LogP) is 3.57. The van der Waals surface area contributed by atoms with Crippen LogP contribution in [-0.4, -0.2) is 41.9 Å². The molecule has 1 aromatic heterocycles. The Morgan fingerprint density at radius 3 is 2.44 bits per heavy atom. The molecule has 0 radical (unpaired) electrons. The zero-order valence-electron chi connectivity index (χ0n) is 14.1. The van der Waals surface area contributed by atoms with Gasteiger partial charge in [-0.1, -0.05) is 0 Å². The van der Waals surface area contributed by atoms with E-state index in [1.165, 1.54) is 11.3 Å². The monoisotopic (exact) mass is 399 g/mol. The van der Waals surface area contributed by atoms with E-state index < -0.39 is 22.4 Å². The summed E-state index contributed by atoms with van der Waals surface area (Å²) in [5.41, 5.74) is -0.561. The van der Waals surface area contributed by atoms with Crippen LogP contribution in [0.1, 0.15) is 11.1 Å². The Morgan fingerprint density at radius 1 is 1.19 bits per heavy atom. The molecule has 0 bridgehead atoms. The van der Waals surface area contributed by atoms with Crippen molar-refractivity contribution in [2.24, 2.45) is 0 Å². The summed E-state index contributed by atoms with van der Waals surface area (Å²) >= 11 is 1.51. The molecule has 0 atom stereocenters. The zero-order chi connectivity index (χ0) is 19.6. The number of benzene rings is 1. The van der Waals surface area contributed by atoms with Crippen LogP contribution in [0.5, 0.6) is 0 Å². The molecule has 0 N–H and O–H groups in total. The van der Waals surface area contributed by atoms with Gasteiger partial charge in [0.1, 0.15) is 5.69 Å². The van der Waals surface area contributed by atoms with Crippen molar-refractivity contribution >= 4 is 28.6 Å². The smallest absolute Gasteiger partial charge is 0.362 e. The number of thiophene rings is 1. The molecule has 1 aromatic carbocycles. The molecule has 2 heterocycles. The molecule has 1 amide bonds. The number of anilines is 1. The van der Waals surface area contributed by atoms with E-state index in [0.29, 0.717) is 38.7 Å². The van der Waals surface area contributed by atoms with Crippen molar-refractivity contribution in [1.82, 2.24) is 4.90 Å². The van der Waals surface area contributed by atoms with Gasteiger partial charge in [0.25, 0.3) is 5.69 Å². The van der Waals surface area contributed by atoms with Crippen LogP contribution in [0, 0.1) is 10.1 Å². The fraction of sp³-hybridized carbons (Fsp3) is 0.353. The highest BCUT2D eigenvalue weighted by Crippen LogP contribution is 2.36. The molecule has 1 aliphatic rings. The number of nitro groups is 1. The van der Waals surface area contributed by atoms with Crippen molar-refractivity contribution in [2.45, 2.75) is 12.6 Å². The Hall–Kier alpha value is -2.62. The summed E-state index contributed by atoms with van der Waals surface area (Å²) in [6, 6.07) is 4.41. The summed E-state index contributed by atoms with van der Waals surface area (Å²) in [7, 11) is 0. The minimum atomic E-state index is -4.64. The van der Waals surface area contributed by atoms with Crippen molar-refractivity contribution in [1.29, 1.82) is 0 Å². The molecule has 1 fully saturated rings. The Bertz CT molecular complexity index is 832. The van der Waals surface area contributed by atoms with E-state index in [1.54, 1.807) is 9.80 Å². The Kier molecular flexibility index (Phi) is 5.36. The Labute approximate surface area is 157 Å². The van der Waals surface area contributed by atoms with Crippen LogP contribution in [0.4, 0.5) is 24.5 Å². The van der Waals surface area contributed by atoms with Crippen molar-refractivity contribution in [3.8, 4) is 0 Å². The highest BCUT2D eigenvalue weighted by Gasteiger charge is 2.34. The van der Waals surface area contributed by atoms with Crippen LogP contribution < -0.4 is 4.90 Å². The molecule has 27 heavy (non-hydrogen) atoms. The Morgan fingerprint density at radius 2 is 1.89 bits per heavy atom. The van der Waals surface area contributed by atoms with Crippen molar-refractivity contribution in [3.05, 3.63) is 56.3 Å². The Balaban J connectivity index is 1.70. The lowest BCUT2D eigenvalue weighted by molar-refractivity contribution is -0.384. The van der Waals surface area contributed by atoms with E-state index in [1.807, 2.05) is 16.8 Å². The van der Waals surface area contributed by atoms with Crippen molar-refractivity contribution < 1.29 is 22.9 Å². The lowest BCUT2D eigenvalue weighted by atomic mass is 10.1. The van der Waals surface area contributed by atoms with E-state index in [0.717, 1.165) is 17.7 Å². The molecule has 0 saturated carbocycles. The predicted molar refractivity (Wildman–Crippen MR) is 94.9 cm³/mol. The normalized spacial score (nSPS) is 15.1. The van der Waals surface area contributed by atoms with Crippen LogP contribution in [-0.2, 0) is 17.4 Å². The van der Waals surface area contributed by atoms with E-state index >= 15 is 0 Å². The van der Waals surface area contributed by atoms with Gasteiger partial charge in [-0.2, -0.15) is 24.5 Å². The number of nitro benzene ring substituents is 1. The maximum absolute atomic E-state index is 12.8.